The number of carbonyl (C=O) groups excluding carboxylic acids is 1. The molecule has 29 heavy (non-hydrogen) atoms. The van der Waals surface area contributed by atoms with Crippen molar-refractivity contribution in [2.45, 2.75) is 31.8 Å². The standard InChI is InChI=1S/C22H24N4O2S/c27-22(16-9-10-23-20(15-16)28-17-5-1-2-6-17)26-13-11-25(12-14-26)21-18-7-3-4-8-19(18)29-24-21/h3-4,7-10,15,17H,1-2,5-6,11-14H2. The Bertz CT molecular complexity index is 1010. The average Bonchev–Trinajstić information content (AvgIpc) is 3.43. The van der Waals surface area contributed by atoms with Gasteiger partial charge < -0.3 is 14.5 Å². The molecule has 2 aliphatic rings. The number of hydrogen-bond donors (Lipinski definition) is 0. The molecule has 0 N–H and O–H groups in total. The first-order valence-corrected chi connectivity index (χ1v) is 11.1. The molecule has 1 aliphatic carbocycles. The third-order valence-corrected chi connectivity index (χ3v) is 6.61. The van der Waals surface area contributed by atoms with Gasteiger partial charge in [-0.2, -0.15) is 4.37 Å². The van der Waals surface area contributed by atoms with Crippen molar-refractivity contribution in [3.05, 3.63) is 48.2 Å². The number of ether oxygens (including phenoxy) is 1. The maximum atomic E-state index is 13.0. The number of benzene rings is 1. The average molecular weight is 409 g/mol. The monoisotopic (exact) mass is 408 g/mol. The van der Waals surface area contributed by atoms with Crippen LogP contribution in [-0.2, 0) is 0 Å². The lowest BCUT2D eigenvalue weighted by atomic mass is 10.2. The minimum Gasteiger partial charge on any atom is -0.474 e. The second-order valence-electron chi connectivity index (χ2n) is 7.69. The molecule has 1 aliphatic heterocycles. The van der Waals surface area contributed by atoms with E-state index in [4.69, 9.17) is 4.74 Å². The van der Waals surface area contributed by atoms with Gasteiger partial charge >= 0.3 is 0 Å². The molecule has 6 nitrogen and oxygen atoms in total. The smallest absolute Gasteiger partial charge is 0.254 e. The van der Waals surface area contributed by atoms with Gasteiger partial charge in [0, 0.05) is 49.4 Å². The van der Waals surface area contributed by atoms with Gasteiger partial charge in [0.2, 0.25) is 5.88 Å². The summed E-state index contributed by atoms with van der Waals surface area (Å²) in [7, 11) is 0. The van der Waals surface area contributed by atoms with Crippen LogP contribution in [0.3, 0.4) is 0 Å². The molecule has 3 heterocycles. The van der Waals surface area contributed by atoms with Crippen LogP contribution in [0.4, 0.5) is 5.82 Å². The van der Waals surface area contributed by atoms with Crippen molar-refractivity contribution in [1.82, 2.24) is 14.3 Å². The second-order valence-corrected chi connectivity index (χ2v) is 8.49. The summed E-state index contributed by atoms with van der Waals surface area (Å²) in [4.78, 5) is 21.5. The number of anilines is 1. The molecule has 2 aromatic heterocycles. The number of aromatic nitrogens is 2. The van der Waals surface area contributed by atoms with Gasteiger partial charge in [0.05, 0.1) is 4.70 Å². The predicted molar refractivity (Wildman–Crippen MR) is 115 cm³/mol. The Morgan fingerprint density at radius 2 is 1.86 bits per heavy atom. The number of rotatable bonds is 4. The van der Waals surface area contributed by atoms with Crippen molar-refractivity contribution in [2.75, 3.05) is 31.1 Å². The highest BCUT2D eigenvalue weighted by atomic mass is 32.1. The normalized spacial score (nSPS) is 17.8. The lowest BCUT2D eigenvalue weighted by molar-refractivity contribution is 0.0745. The highest BCUT2D eigenvalue weighted by Crippen LogP contribution is 2.30. The maximum Gasteiger partial charge on any atom is 0.254 e. The molecule has 0 atom stereocenters. The van der Waals surface area contributed by atoms with Gasteiger partial charge in [0.25, 0.3) is 5.91 Å². The zero-order valence-electron chi connectivity index (χ0n) is 16.3. The molecule has 1 amide bonds. The molecule has 0 spiro atoms. The van der Waals surface area contributed by atoms with Crippen molar-refractivity contribution < 1.29 is 9.53 Å². The Balaban J connectivity index is 1.24. The molecule has 1 aromatic carbocycles. The quantitative estimate of drug-likeness (QED) is 0.654. The van der Waals surface area contributed by atoms with Gasteiger partial charge in [0.15, 0.2) is 0 Å². The van der Waals surface area contributed by atoms with Crippen LogP contribution in [-0.4, -0.2) is 52.4 Å². The Labute approximate surface area is 174 Å². The van der Waals surface area contributed by atoms with Crippen molar-refractivity contribution in [1.29, 1.82) is 0 Å². The second kappa shape index (κ2) is 7.99. The summed E-state index contributed by atoms with van der Waals surface area (Å²) in [6, 6.07) is 11.9. The van der Waals surface area contributed by atoms with Crippen LogP contribution >= 0.6 is 11.5 Å². The molecule has 150 valence electrons. The first-order valence-electron chi connectivity index (χ1n) is 10.3. The summed E-state index contributed by atoms with van der Waals surface area (Å²) in [6.45, 7) is 2.95. The van der Waals surface area contributed by atoms with Crippen LogP contribution in [0.25, 0.3) is 10.1 Å². The van der Waals surface area contributed by atoms with E-state index in [0.717, 1.165) is 31.7 Å². The van der Waals surface area contributed by atoms with E-state index in [0.29, 0.717) is 24.5 Å². The molecular formula is C22H24N4O2S. The molecule has 0 radical (unpaired) electrons. The summed E-state index contributed by atoms with van der Waals surface area (Å²) in [5, 5.41) is 1.19. The minimum atomic E-state index is 0.0476. The number of hydrogen-bond acceptors (Lipinski definition) is 6. The van der Waals surface area contributed by atoms with Crippen LogP contribution in [0.5, 0.6) is 5.88 Å². The van der Waals surface area contributed by atoms with Crippen molar-refractivity contribution in [3.8, 4) is 5.88 Å². The fourth-order valence-corrected chi connectivity index (χ4v) is 4.98. The Hall–Kier alpha value is -2.67. The van der Waals surface area contributed by atoms with Gasteiger partial charge in [-0.1, -0.05) is 12.1 Å². The van der Waals surface area contributed by atoms with Gasteiger partial charge in [0.1, 0.15) is 11.9 Å². The molecule has 2 fully saturated rings. The van der Waals surface area contributed by atoms with E-state index < -0.39 is 0 Å². The summed E-state index contributed by atoms with van der Waals surface area (Å²) in [5.74, 6) is 1.65. The number of amides is 1. The highest BCUT2D eigenvalue weighted by molar-refractivity contribution is 7.13. The topological polar surface area (TPSA) is 58.6 Å². The fraction of sp³-hybridized carbons (Fsp3) is 0.409. The summed E-state index contributed by atoms with van der Waals surface area (Å²) in [6.07, 6.45) is 6.49. The number of carbonyl (C=O) groups is 1. The number of piperazine rings is 1. The van der Waals surface area contributed by atoms with Gasteiger partial charge in [-0.3, -0.25) is 4.79 Å². The summed E-state index contributed by atoms with van der Waals surface area (Å²) >= 11 is 1.53. The zero-order chi connectivity index (χ0) is 19.6. The van der Waals surface area contributed by atoms with Gasteiger partial charge in [-0.15, -0.1) is 0 Å². The first kappa shape index (κ1) is 18.4. The predicted octanol–water partition coefficient (Wildman–Crippen LogP) is 3.98. The van der Waals surface area contributed by atoms with Crippen molar-refractivity contribution in [3.63, 3.8) is 0 Å². The summed E-state index contributed by atoms with van der Waals surface area (Å²) < 4.78 is 11.8. The van der Waals surface area contributed by atoms with E-state index in [1.54, 1.807) is 18.3 Å². The maximum absolute atomic E-state index is 13.0. The van der Waals surface area contributed by atoms with Crippen LogP contribution in [0, 0.1) is 0 Å². The molecule has 3 aromatic rings. The largest absolute Gasteiger partial charge is 0.474 e. The van der Waals surface area contributed by atoms with Crippen LogP contribution in [0.15, 0.2) is 42.6 Å². The summed E-state index contributed by atoms with van der Waals surface area (Å²) in [5.41, 5.74) is 0.653. The van der Waals surface area contributed by atoms with Crippen molar-refractivity contribution >= 4 is 33.3 Å². The molecular weight excluding hydrogens is 384 g/mol. The molecule has 0 unspecified atom stereocenters. The third-order valence-electron chi connectivity index (χ3n) is 5.80. The minimum absolute atomic E-state index is 0.0476. The Kier molecular flexibility index (Phi) is 5.06. The molecule has 7 heteroatoms. The molecule has 5 rings (SSSR count). The molecule has 1 saturated carbocycles. The van der Waals surface area contributed by atoms with E-state index in [2.05, 4.69) is 32.5 Å². The van der Waals surface area contributed by atoms with Gasteiger partial charge in [-0.25, -0.2) is 4.98 Å². The van der Waals surface area contributed by atoms with E-state index in [9.17, 15) is 4.79 Å². The van der Waals surface area contributed by atoms with E-state index in [1.165, 1.54) is 34.5 Å². The number of nitrogens with zero attached hydrogens (tertiary/aromatic N) is 4. The zero-order valence-corrected chi connectivity index (χ0v) is 17.1. The van der Waals surface area contributed by atoms with E-state index >= 15 is 0 Å². The van der Waals surface area contributed by atoms with E-state index in [1.807, 2.05) is 11.0 Å². The van der Waals surface area contributed by atoms with Crippen LogP contribution < -0.4 is 9.64 Å². The Morgan fingerprint density at radius 1 is 1.07 bits per heavy atom. The van der Waals surface area contributed by atoms with Crippen molar-refractivity contribution in [2.24, 2.45) is 0 Å². The van der Waals surface area contributed by atoms with Gasteiger partial charge in [-0.05, 0) is 55.4 Å². The lowest BCUT2D eigenvalue weighted by Gasteiger charge is -2.35. The van der Waals surface area contributed by atoms with Crippen LogP contribution in [0.2, 0.25) is 0 Å². The lowest BCUT2D eigenvalue weighted by Crippen LogP contribution is -2.49. The molecule has 1 saturated heterocycles. The third kappa shape index (κ3) is 3.79. The first-order chi connectivity index (χ1) is 14.3. The number of pyridine rings is 1. The highest BCUT2D eigenvalue weighted by Gasteiger charge is 2.25. The fourth-order valence-electron chi connectivity index (χ4n) is 4.19. The van der Waals surface area contributed by atoms with E-state index in [-0.39, 0.29) is 12.0 Å². The molecule has 0 bridgehead atoms. The number of fused-ring (bicyclic) bond motifs is 1. The Morgan fingerprint density at radius 3 is 2.69 bits per heavy atom. The SMILES string of the molecule is O=C(c1ccnc(OC2CCCC2)c1)N1CCN(c2nsc3ccccc23)CC1. The van der Waals surface area contributed by atoms with Crippen LogP contribution in [0.1, 0.15) is 36.0 Å².